The first-order valence-corrected chi connectivity index (χ1v) is 7.34. The molecule has 0 amide bonds. The van der Waals surface area contributed by atoms with E-state index in [1.54, 1.807) is 0 Å². The van der Waals surface area contributed by atoms with Crippen molar-refractivity contribution < 1.29 is 9.53 Å². The average Bonchev–Trinajstić information content (AvgIpc) is 2.32. The second kappa shape index (κ2) is 5.15. The summed E-state index contributed by atoms with van der Waals surface area (Å²) < 4.78 is 5.60. The van der Waals surface area contributed by atoms with Gasteiger partial charge in [-0.05, 0) is 44.9 Å². The lowest BCUT2D eigenvalue weighted by Gasteiger charge is -2.51. The molecule has 0 radical (unpaired) electrons. The number of ether oxygens (including phenoxy) is 1. The first-order chi connectivity index (χ1) is 8.84. The summed E-state index contributed by atoms with van der Waals surface area (Å²) in [6.45, 7) is 12.3. The molecule has 0 spiro atoms. The quantitative estimate of drug-likeness (QED) is 0.549. The topological polar surface area (TPSA) is 26.3 Å². The van der Waals surface area contributed by atoms with Gasteiger partial charge < -0.3 is 4.74 Å². The molecule has 2 rings (SSSR count). The van der Waals surface area contributed by atoms with Crippen molar-refractivity contribution in [3.05, 3.63) is 23.8 Å². The minimum atomic E-state index is -0.153. The molecular weight excluding hydrogens is 236 g/mol. The molecular formula is C17H26O2. The molecule has 0 heterocycles. The fourth-order valence-corrected chi connectivity index (χ4v) is 3.96. The minimum Gasteiger partial charge on any atom is -0.462 e. The Morgan fingerprint density at radius 3 is 2.74 bits per heavy atom. The van der Waals surface area contributed by atoms with E-state index in [1.807, 2.05) is 0 Å². The molecule has 0 N–H and O–H groups in total. The van der Waals surface area contributed by atoms with Gasteiger partial charge in [0, 0.05) is 18.8 Å². The molecule has 1 fully saturated rings. The van der Waals surface area contributed by atoms with E-state index in [0.717, 1.165) is 19.3 Å². The Morgan fingerprint density at radius 2 is 2.16 bits per heavy atom. The van der Waals surface area contributed by atoms with E-state index in [9.17, 15) is 4.79 Å². The highest BCUT2D eigenvalue weighted by Gasteiger charge is 2.49. The van der Waals surface area contributed by atoms with Crippen molar-refractivity contribution in [2.45, 2.75) is 59.5 Å². The predicted octanol–water partition coefficient (Wildman–Crippen LogP) is 4.27. The molecule has 0 saturated heterocycles. The third kappa shape index (κ3) is 2.63. The minimum absolute atomic E-state index is 0.0461. The van der Waals surface area contributed by atoms with Gasteiger partial charge >= 0.3 is 5.97 Å². The summed E-state index contributed by atoms with van der Waals surface area (Å²) in [6, 6.07) is 0. The van der Waals surface area contributed by atoms with Crippen LogP contribution >= 0.6 is 0 Å². The molecule has 0 aromatic rings. The fraction of sp³-hybridized carbons (Fsp3) is 0.706. The van der Waals surface area contributed by atoms with Crippen LogP contribution in [0.4, 0.5) is 0 Å². The van der Waals surface area contributed by atoms with Gasteiger partial charge in [0.05, 0.1) is 0 Å². The Labute approximate surface area is 116 Å². The molecule has 19 heavy (non-hydrogen) atoms. The Morgan fingerprint density at radius 1 is 1.47 bits per heavy atom. The van der Waals surface area contributed by atoms with Gasteiger partial charge in [0.2, 0.25) is 0 Å². The van der Waals surface area contributed by atoms with Crippen LogP contribution in [0, 0.1) is 17.3 Å². The molecule has 0 aromatic heterocycles. The van der Waals surface area contributed by atoms with Crippen LogP contribution in [0.2, 0.25) is 0 Å². The van der Waals surface area contributed by atoms with E-state index in [1.165, 1.54) is 24.5 Å². The van der Waals surface area contributed by atoms with Crippen molar-refractivity contribution >= 4 is 5.97 Å². The first kappa shape index (κ1) is 14.4. The summed E-state index contributed by atoms with van der Waals surface area (Å²) in [6.07, 6.45) is 6.64. The highest BCUT2D eigenvalue weighted by Crippen LogP contribution is 2.53. The Bertz CT molecular complexity index is 421. The second-order valence-electron chi connectivity index (χ2n) is 6.66. The molecule has 2 heteroatoms. The Hall–Kier alpha value is -1.05. The van der Waals surface area contributed by atoms with Crippen LogP contribution in [0.3, 0.4) is 0 Å². The fourth-order valence-electron chi connectivity index (χ4n) is 3.96. The molecule has 4 atom stereocenters. The van der Waals surface area contributed by atoms with Gasteiger partial charge in [-0.1, -0.05) is 30.7 Å². The lowest BCUT2D eigenvalue weighted by molar-refractivity contribution is -0.158. The van der Waals surface area contributed by atoms with Gasteiger partial charge in [0.1, 0.15) is 6.10 Å². The van der Waals surface area contributed by atoms with Crippen molar-refractivity contribution in [1.29, 1.82) is 0 Å². The van der Waals surface area contributed by atoms with Crippen molar-refractivity contribution in [2.24, 2.45) is 17.3 Å². The first-order valence-electron chi connectivity index (χ1n) is 7.34. The van der Waals surface area contributed by atoms with Gasteiger partial charge in [-0.2, -0.15) is 0 Å². The van der Waals surface area contributed by atoms with Gasteiger partial charge in [-0.3, -0.25) is 4.79 Å². The number of fused-ring (bicyclic) bond motifs is 1. The zero-order chi connectivity index (χ0) is 14.2. The number of hydrogen-bond acceptors (Lipinski definition) is 2. The molecule has 106 valence electrons. The molecule has 1 saturated carbocycles. The lowest BCUT2D eigenvalue weighted by atomic mass is 9.56. The van der Waals surface area contributed by atoms with Crippen molar-refractivity contribution in [3.63, 3.8) is 0 Å². The maximum atomic E-state index is 11.3. The van der Waals surface area contributed by atoms with Crippen LogP contribution in [0.5, 0.6) is 0 Å². The van der Waals surface area contributed by atoms with Gasteiger partial charge in [-0.15, -0.1) is 0 Å². The molecule has 0 aliphatic heterocycles. The molecule has 2 nitrogen and oxygen atoms in total. The van der Waals surface area contributed by atoms with E-state index in [0.29, 0.717) is 11.8 Å². The maximum absolute atomic E-state index is 11.3. The number of carbonyl (C=O) groups is 1. The van der Waals surface area contributed by atoms with Crippen LogP contribution in [0.1, 0.15) is 53.4 Å². The predicted molar refractivity (Wildman–Crippen MR) is 77.7 cm³/mol. The van der Waals surface area contributed by atoms with Crippen LogP contribution < -0.4 is 0 Å². The Balaban J connectivity index is 2.25. The number of allylic oxidation sites excluding steroid dienone is 2. The van der Waals surface area contributed by atoms with Gasteiger partial charge in [-0.25, -0.2) is 0 Å². The molecule has 2 aliphatic carbocycles. The number of esters is 1. The van der Waals surface area contributed by atoms with E-state index in [4.69, 9.17) is 4.74 Å². The van der Waals surface area contributed by atoms with E-state index >= 15 is 0 Å². The van der Waals surface area contributed by atoms with Crippen LogP contribution in [0.15, 0.2) is 23.8 Å². The van der Waals surface area contributed by atoms with E-state index < -0.39 is 0 Å². The van der Waals surface area contributed by atoms with Crippen molar-refractivity contribution in [2.75, 3.05) is 0 Å². The second-order valence-corrected chi connectivity index (χ2v) is 6.66. The molecule has 0 aromatic carbocycles. The normalized spacial score (nSPS) is 38.1. The number of rotatable bonds is 2. The third-order valence-electron chi connectivity index (χ3n) is 5.29. The van der Waals surface area contributed by atoms with E-state index in [-0.39, 0.29) is 17.5 Å². The van der Waals surface area contributed by atoms with Crippen molar-refractivity contribution in [1.82, 2.24) is 0 Å². The number of carbonyl (C=O) groups excluding carboxylic acids is 1. The highest BCUT2D eigenvalue weighted by molar-refractivity contribution is 5.66. The summed E-state index contributed by atoms with van der Waals surface area (Å²) in [5.41, 5.74) is 2.87. The summed E-state index contributed by atoms with van der Waals surface area (Å²) in [4.78, 5) is 11.3. The summed E-state index contributed by atoms with van der Waals surface area (Å²) >= 11 is 0. The molecule has 0 unspecified atom stereocenters. The van der Waals surface area contributed by atoms with Gasteiger partial charge in [0.25, 0.3) is 0 Å². The highest BCUT2D eigenvalue weighted by atomic mass is 16.5. The zero-order valence-electron chi connectivity index (χ0n) is 12.7. The van der Waals surface area contributed by atoms with E-state index in [2.05, 4.69) is 33.4 Å². The van der Waals surface area contributed by atoms with Crippen LogP contribution in [-0.2, 0) is 9.53 Å². The molecule has 0 bridgehead atoms. The lowest BCUT2D eigenvalue weighted by Crippen LogP contribution is -2.47. The standard InChI is InChI=1S/C17H26O2/c1-11(2)14-8-9-17(5)15(10-14)12(3)6-7-16(17)19-13(4)18/h6,14-16H,1,7-10H2,2-5H3/t14-,15+,16-,17-/m1/s1. The summed E-state index contributed by atoms with van der Waals surface area (Å²) in [5.74, 6) is 0.999. The zero-order valence-corrected chi connectivity index (χ0v) is 12.7. The van der Waals surface area contributed by atoms with Crippen LogP contribution in [-0.4, -0.2) is 12.1 Å². The number of hydrogen-bond donors (Lipinski definition) is 0. The molecule has 2 aliphatic rings. The van der Waals surface area contributed by atoms with Crippen LogP contribution in [0.25, 0.3) is 0 Å². The smallest absolute Gasteiger partial charge is 0.302 e. The Kier molecular flexibility index (Phi) is 3.89. The third-order valence-corrected chi connectivity index (χ3v) is 5.29. The average molecular weight is 262 g/mol. The monoisotopic (exact) mass is 262 g/mol. The maximum Gasteiger partial charge on any atom is 0.302 e. The summed E-state index contributed by atoms with van der Waals surface area (Å²) in [5, 5.41) is 0. The van der Waals surface area contributed by atoms with Crippen molar-refractivity contribution in [3.8, 4) is 0 Å². The van der Waals surface area contributed by atoms with Gasteiger partial charge in [0.15, 0.2) is 0 Å². The summed E-state index contributed by atoms with van der Waals surface area (Å²) in [7, 11) is 0. The largest absolute Gasteiger partial charge is 0.462 e. The SMILES string of the molecule is C=C(C)[C@@H]1CC[C@@]2(C)[C@H](OC(C)=O)CC=C(C)[C@@H]2C1.